The summed E-state index contributed by atoms with van der Waals surface area (Å²) in [6.07, 6.45) is 1.64. The molecule has 5 nitrogen and oxygen atoms in total. The number of carboxylic acid groups (broad SMARTS) is 1. The minimum absolute atomic E-state index is 0.169. The van der Waals surface area contributed by atoms with E-state index in [9.17, 15) is 9.90 Å². The monoisotopic (exact) mass is 272 g/mol. The van der Waals surface area contributed by atoms with Crippen molar-refractivity contribution in [1.82, 2.24) is 0 Å². The maximum atomic E-state index is 11.2. The summed E-state index contributed by atoms with van der Waals surface area (Å²) in [6, 6.07) is 10.7. The number of carbonyl (C=O) groups is 1. The fraction of sp³-hybridized carbons (Fsp3) is 0.231. The van der Waals surface area contributed by atoms with Crippen LogP contribution in [0.15, 0.2) is 35.3 Å². The fourth-order valence-electron chi connectivity index (χ4n) is 1.41. The van der Waals surface area contributed by atoms with Gasteiger partial charge >= 0.3 is 0 Å². The van der Waals surface area contributed by atoms with Crippen LogP contribution in [-0.2, 0) is 4.79 Å². The first-order chi connectivity index (χ1) is 9.13. The zero-order chi connectivity index (χ0) is 14.3. The van der Waals surface area contributed by atoms with E-state index in [-0.39, 0.29) is 5.04 Å². The van der Waals surface area contributed by atoms with Crippen molar-refractivity contribution in [3.8, 4) is 12.1 Å². The van der Waals surface area contributed by atoms with Crippen LogP contribution >= 0.6 is 11.8 Å². The zero-order valence-corrected chi connectivity index (χ0v) is 10.9. The summed E-state index contributed by atoms with van der Waals surface area (Å²) in [4.78, 5) is 15.1. The van der Waals surface area contributed by atoms with Gasteiger partial charge in [0, 0.05) is 0 Å². The molecule has 0 aliphatic rings. The Balaban J connectivity index is 3.18. The second-order valence-corrected chi connectivity index (χ2v) is 4.32. The summed E-state index contributed by atoms with van der Waals surface area (Å²) < 4.78 is 0. The average Bonchev–Trinajstić information content (AvgIpc) is 2.44. The van der Waals surface area contributed by atoms with Crippen LogP contribution in [0.1, 0.15) is 11.6 Å². The first-order valence-corrected chi connectivity index (χ1v) is 6.53. The predicted octanol–water partition coefficient (Wildman–Crippen LogP) is 0.902. The lowest BCUT2D eigenvalue weighted by molar-refractivity contribution is -0.307. The predicted molar refractivity (Wildman–Crippen MR) is 69.9 cm³/mol. The van der Waals surface area contributed by atoms with E-state index >= 15 is 0 Å². The Morgan fingerprint density at radius 2 is 1.89 bits per heavy atom. The molecule has 0 saturated carbocycles. The summed E-state index contributed by atoms with van der Waals surface area (Å²) in [5.41, 5.74) is 0.448. The van der Waals surface area contributed by atoms with Crippen molar-refractivity contribution in [1.29, 1.82) is 10.5 Å². The highest BCUT2D eigenvalue weighted by Crippen LogP contribution is 2.21. The van der Waals surface area contributed by atoms with Crippen LogP contribution in [0, 0.1) is 28.6 Å². The van der Waals surface area contributed by atoms with Gasteiger partial charge in [0.2, 0.25) is 0 Å². The molecule has 1 aromatic carbocycles. The van der Waals surface area contributed by atoms with E-state index < -0.39 is 17.9 Å². The number of rotatable bonds is 4. The first kappa shape index (κ1) is 14.7. The van der Waals surface area contributed by atoms with Crippen molar-refractivity contribution in [2.24, 2.45) is 10.9 Å². The van der Waals surface area contributed by atoms with Crippen LogP contribution < -0.4 is 5.11 Å². The molecule has 0 aliphatic carbocycles. The molecule has 0 fully saturated rings. The lowest BCUT2D eigenvalue weighted by Crippen LogP contribution is -2.29. The standard InChI is InChI=1S/C13H11N3O2S/c1-19-12(10(7-14)8-15)16-11(13(17)18)9-5-3-2-4-6-9/h2-6,10-11H,1H3,(H,17,18)/p-1/t11-/m0/s1. The van der Waals surface area contributed by atoms with E-state index in [1.807, 2.05) is 0 Å². The Kier molecular flexibility index (Phi) is 5.59. The second kappa shape index (κ2) is 7.20. The average molecular weight is 272 g/mol. The van der Waals surface area contributed by atoms with Crippen LogP contribution in [0.25, 0.3) is 0 Å². The summed E-state index contributed by atoms with van der Waals surface area (Å²) in [5, 5.41) is 29.0. The van der Waals surface area contributed by atoms with Crippen molar-refractivity contribution in [3.05, 3.63) is 35.9 Å². The summed E-state index contributed by atoms with van der Waals surface area (Å²) in [6.45, 7) is 0. The molecular formula is C13H10N3O2S-. The minimum atomic E-state index is -1.37. The molecule has 0 saturated heterocycles. The highest BCUT2D eigenvalue weighted by molar-refractivity contribution is 8.13. The molecular weight excluding hydrogens is 262 g/mol. The molecule has 0 aromatic heterocycles. The molecule has 1 aromatic rings. The van der Waals surface area contributed by atoms with E-state index in [4.69, 9.17) is 10.5 Å². The summed E-state index contributed by atoms with van der Waals surface area (Å²) in [7, 11) is 0. The number of aliphatic carboxylic acids is 1. The van der Waals surface area contributed by atoms with Gasteiger partial charge in [-0.2, -0.15) is 10.5 Å². The number of benzene rings is 1. The third-order valence-corrected chi connectivity index (χ3v) is 3.07. The Bertz CT molecular complexity index is 543. The molecule has 0 aliphatic heterocycles. The van der Waals surface area contributed by atoms with Gasteiger partial charge in [-0.05, 0) is 11.8 Å². The first-order valence-electron chi connectivity index (χ1n) is 5.30. The highest BCUT2D eigenvalue weighted by atomic mass is 32.2. The van der Waals surface area contributed by atoms with Crippen molar-refractivity contribution in [2.45, 2.75) is 6.04 Å². The smallest absolute Gasteiger partial charge is 0.180 e. The third kappa shape index (κ3) is 3.84. The molecule has 0 radical (unpaired) electrons. The maximum Gasteiger partial charge on any atom is 0.180 e. The molecule has 0 spiro atoms. The van der Waals surface area contributed by atoms with Gasteiger partial charge in [-0.1, -0.05) is 30.3 Å². The van der Waals surface area contributed by atoms with Gasteiger partial charge in [0.15, 0.2) is 5.92 Å². The lowest BCUT2D eigenvalue weighted by Gasteiger charge is -2.16. The van der Waals surface area contributed by atoms with Gasteiger partial charge in [-0.3, -0.25) is 4.99 Å². The highest BCUT2D eigenvalue weighted by Gasteiger charge is 2.18. The number of nitriles is 2. The molecule has 0 N–H and O–H groups in total. The second-order valence-electron chi connectivity index (χ2n) is 3.49. The fourth-order valence-corrected chi connectivity index (χ4v) is 1.96. The normalized spacial score (nSPS) is 12.5. The summed E-state index contributed by atoms with van der Waals surface area (Å²) in [5.74, 6) is -2.44. The van der Waals surface area contributed by atoms with Crippen molar-refractivity contribution in [3.63, 3.8) is 0 Å². The molecule has 0 unspecified atom stereocenters. The van der Waals surface area contributed by atoms with Crippen LogP contribution in [-0.4, -0.2) is 17.3 Å². The zero-order valence-electron chi connectivity index (χ0n) is 10.1. The largest absolute Gasteiger partial charge is 0.547 e. The van der Waals surface area contributed by atoms with Crippen molar-refractivity contribution in [2.75, 3.05) is 6.26 Å². The Labute approximate surface area is 115 Å². The number of carboxylic acids is 1. The van der Waals surface area contributed by atoms with Crippen LogP contribution in [0.4, 0.5) is 0 Å². The maximum absolute atomic E-state index is 11.2. The number of nitrogens with zero attached hydrogens (tertiary/aromatic N) is 3. The molecule has 0 amide bonds. The van der Waals surface area contributed by atoms with Crippen LogP contribution in [0.5, 0.6) is 0 Å². The number of hydrogen-bond acceptors (Lipinski definition) is 6. The molecule has 1 rings (SSSR count). The van der Waals surface area contributed by atoms with Gasteiger partial charge < -0.3 is 9.90 Å². The Morgan fingerprint density at radius 3 is 2.32 bits per heavy atom. The third-order valence-electron chi connectivity index (χ3n) is 2.31. The molecule has 0 heterocycles. The van der Waals surface area contributed by atoms with Crippen LogP contribution in [0.3, 0.4) is 0 Å². The van der Waals surface area contributed by atoms with Crippen LogP contribution in [0.2, 0.25) is 0 Å². The number of aliphatic imine (C=N–C) groups is 1. The quantitative estimate of drug-likeness (QED) is 0.599. The van der Waals surface area contributed by atoms with E-state index in [0.29, 0.717) is 5.56 Å². The van der Waals surface area contributed by atoms with Gasteiger partial charge in [-0.25, -0.2) is 0 Å². The topological polar surface area (TPSA) is 100 Å². The van der Waals surface area contributed by atoms with E-state index in [1.54, 1.807) is 48.7 Å². The van der Waals surface area contributed by atoms with Gasteiger partial charge in [0.1, 0.15) is 11.1 Å². The Morgan fingerprint density at radius 1 is 1.32 bits per heavy atom. The van der Waals surface area contributed by atoms with E-state index in [0.717, 1.165) is 11.8 Å². The van der Waals surface area contributed by atoms with E-state index in [2.05, 4.69) is 4.99 Å². The molecule has 1 atom stereocenters. The number of thioether (sulfide) groups is 1. The molecule has 19 heavy (non-hydrogen) atoms. The van der Waals surface area contributed by atoms with Crippen molar-refractivity contribution < 1.29 is 9.90 Å². The van der Waals surface area contributed by atoms with Gasteiger partial charge in [0.25, 0.3) is 0 Å². The van der Waals surface area contributed by atoms with Gasteiger partial charge in [-0.15, -0.1) is 11.8 Å². The Hall–Kier alpha value is -2.31. The number of hydrogen-bond donors (Lipinski definition) is 0. The minimum Gasteiger partial charge on any atom is -0.547 e. The summed E-state index contributed by atoms with van der Waals surface area (Å²) >= 11 is 1.08. The molecule has 96 valence electrons. The lowest BCUT2D eigenvalue weighted by atomic mass is 10.1. The number of carbonyl (C=O) groups excluding carboxylic acids is 1. The SMILES string of the molecule is CSC(=N[C@H](C(=O)[O-])c1ccccc1)C(C#N)C#N. The molecule has 0 bridgehead atoms. The van der Waals surface area contributed by atoms with E-state index in [1.165, 1.54) is 0 Å². The molecule has 6 heteroatoms. The van der Waals surface area contributed by atoms with Crippen molar-refractivity contribution >= 4 is 22.8 Å². The van der Waals surface area contributed by atoms with Gasteiger partial charge in [0.05, 0.1) is 18.1 Å².